The van der Waals surface area contributed by atoms with Crippen LogP contribution >= 0.6 is 0 Å². The fourth-order valence-corrected chi connectivity index (χ4v) is 3.96. The van der Waals surface area contributed by atoms with Crippen molar-refractivity contribution in [3.05, 3.63) is 29.3 Å². The molecular weight excluding hydrogens is 266 g/mol. The van der Waals surface area contributed by atoms with Gasteiger partial charge < -0.3 is 5.11 Å². The Kier molecular flexibility index (Phi) is 4.70. The zero-order chi connectivity index (χ0) is 14.8. The maximum atomic E-state index is 12.5. The maximum absolute atomic E-state index is 12.5. The van der Waals surface area contributed by atoms with Crippen molar-refractivity contribution < 1.29 is 18.3 Å². The number of benzene rings is 1. The third-order valence-electron chi connectivity index (χ3n) is 2.99. The van der Waals surface area contributed by atoms with E-state index < -0.39 is 16.0 Å². The third-order valence-corrected chi connectivity index (χ3v) is 5.28. The van der Waals surface area contributed by atoms with Crippen molar-refractivity contribution in [2.24, 2.45) is 0 Å². The molecule has 6 heteroatoms. The average Bonchev–Trinajstić information content (AvgIpc) is 2.28. The standard InChI is InChI=1S/C13H19NO4S/c1-5-14(9(2)3)19(17,18)12-8-6-7-11(10(12)4)13(15)16/h6-9H,5H2,1-4H3,(H,15,16). The number of rotatable bonds is 5. The summed E-state index contributed by atoms with van der Waals surface area (Å²) in [6, 6.07) is 4.13. The van der Waals surface area contributed by atoms with Gasteiger partial charge in [-0.3, -0.25) is 0 Å². The highest BCUT2D eigenvalue weighted by molar-refractivity contribution is 7.89. The summed E-state index contributed by atoms with van der Waals surface area (Å²) in [5.41, 5.74) is 0.287. The smallest absolute Gasteiger partial charge is 0.335 e. The van der Waals surface area contributed by atoms with Gasteiger partial charge in [0.1, 0.15) is 0 Å². The van der Waals surface area contributed by atoms with E-state index in [1.807, 2.05) is 0 Å². The Morgan fingerprint density at radius 3 is 2.37 bits per heavy atom. The van der Waals surface area contributed by atoms with Gasteiger partial charge in [0.2, 0.25) is 10.0 Å². The van der Waals surface area contributed by atoms with Gasteiger partial charge in [0.15, 0.2) is 0 Å². The molecule has 1 aromatic rings. The van der Waals surface area contributed by atoms with Crippen LogP contribution in [0.25, 0.3) is 0 Å². The van der Waals surface area contributed by atoms with Crippen LogP contribution in [0.2, 0.25) is 0 Å². The lowest BCUT2D eigenvalue weighted by Crippen LogP contribution is -2.37. The van der Waals surface area contributed by atoms with E-state index in [-0.39, 0.29) is 22.1 Å². The maximum Gasteiger partial charge on any atom is 0.335 e. The number of nitrogens with zero attached hydrogens (tertiary/aromatic N) is 1. The summed E-state index contributed by atoms with van der Waals surface area (Å²) in [4.78, 5) is 11.1. The Labute approximate surface area is 113 Å². The summed E-state index contributed by atoms with van der Waals surface area (Å²) in [7, 11) is -3.67. The average molecular weight is 285 g/mol. The summed E-state index contributed by atoms with van der Waals surface area (Å²) >= 11 is 0. The molecule has 0 unspecified atom stereocenters. The van der Waals surface area contributed by atoms with Crippen molar-refractivity contribution >= 4 is 16.0 Å². The highest BCUT2D eigenvalue weighted by atomic mass is 32.2. The topological polar surface area (TPSA) is 74.7 Å². The van der Waals surface area contributed by atoms with Gasteiger partial charge in [-0.25, -0.2) is 13.2 Å². The number of hydrogen-bond donors (Lipinski definition) is 1. The van der Waals surface area contributed by atoms with Crippen molar-refractivity contribution in [3.8, 4) is 0 Å². The van der Waals surface area contributed by atoms with Gasteiger partial charge in [0.05, 0.1) is 10.5 Å². The van der Waals surface area contributed by atoms with E-state index in [1.54, 1.807) is 20.8 Å². The molecule has 0 fully saturated rings. The molecule has 106 valence electrons. The first kappa shape index (κ1) is 15.7. The molecule has 0 aliphatic heterocycles. The second kappa shape index (κ2) is 5.71. The van der Waals surface area contributed by atoms with E-state index in [0.717, 1.165) is 0 Å². The molecular formula is C13H19NO4S. The Bertz CT molecular complexity index is 578. The predicted molar refractivity (Wildman–Crippen MR) is 72.8 cm³/mol. The normalized spacial score (nSPS) is 12.1. The summed E-state index contributed by atoms with van der Waals surface area (Å²) in [5, 5.41) is 9.05. The number of carboxylic acid groups (broad SMARTS) is 1. The second-order valence-corrected chi connectivity index (χ2v) is 6.39. The fraction of sp³-hybridized carbons (Fsp3) is 0.462. The van der Waals surface area contributed by atoms with E-state index in [2.05, 4.69) is 0 Å². The third kappa shape index (κ3) is 2.96. The van der Waals surface area contributed by atoms with Crippen LogP contribution in [0.1, 0.15) is 36.7 Å². The van der Waals surface area contributed by atoms with E-state index in [0.29, 0.717) is 6.54 Å². The zero-order valence-corrected chi connectivity index (χ0v) is 12.4. The first-order valence-electron chi connectivity index (χ1n) is 6.08. The molecule has 0 atom stereocenters. The van der Waals surface area contributed by atoms with Gasteiger partial charge in [0.25, 0.3) is 0 Å². The van der Waals surface area contributed by atoms with Crippen LogP contribution in [-0.2, 0) is 10.0 Å². The molecule has 0 bridgehead atoms. The highest BCUT2D eigenvalue weighted by Crippen LogP contribution is 2.24. The lowest BCUT2D eigenvalue weighted by atomic mass is 10.1. The molecule has 0 amide bonds. The second-order valence-electron chi connectivity index (χ2n) is 4.54. The largest absolute Gasteiger partial charge is 0.478 e. The molecule has 0 spiro atoms. The lowest BCUT2D eigenvalue weighted by Gasteiger charge is -2.25. The molecule has 0 saturated heterocycles. The summed E-state index contributed by atoms with van der Waals surface area (Å²) in [6.07, 6.45) is 0. The highest BCUT2D eigenvalue weighted by Gasteiger charge is 2.28. The molecule has 1 N–H and O–H groups in total. The Morgan fingerprint density at radius 1 is 1.37 bits per heavy atom. The lowest BCUT2D eigenvalue weighted by molar-refractivity contribution is 0.0696. The van der Waals surface area contributed by atoms with Crippen molar-refractivity contribution in [2.45, 2.75) is 38.6 Å². The van der Waals surface area contributed by atoms with E-state index in [1.165, 1.54) is 29.4 Å². The minimum atomic E-state index is -3.67. The molecule has 1 rings (SSSR count). The first-order valence-corrected chi connectivity index (χ1v) is 7.52. The summed E-state index contributed by atoms with van der Waals surface area (Å²) in [5.74, 6) is -1.12. The van der Waals surface area contributed by atoms with Gasteiger partial charge in [-0.2, -0.15) is 4.31 Å². The molecule has 19 heavy (non-hydrogen) atoms. The Balaban J connectivity index is 3.45. The molecule has 0 saturated carbocycles. The number of carbonyl (C=O) groups is 1. The van der Waals surface area contributed by atoms with Crippen molar-refractivity contribution in [2.75, 3.05) is 6.54 Å². The molecule has 1 aromatic carbocycles. The van der Waals surface area contributed by atoms with Gasteiger partial charge in [-0.1, -0.05) is 13.0 Å². The van der Waals surface area contributed by atoms with Gasteiger partial charge >= 0.3 is 5.97 Å². The van der Waals surface area contributed by atoms with Gasteiger partial charge in [-0.05, 0) is 38.5 Å². The number of sulfonamides is 1. The molecule has 0 aliphatic rings. The van der Waals surface area contributed by atoms with E-state index in [4.69, 9.17) is 5.11 Å². The number of hydrogen-bond acceptors (Lipinski definition) is 3. The van der Waals surface area contributed by atoms with Crippen LogP contribution in [0.15, 0.2) is 23.1 Å². The number of aromatic carboxylic acids is 1. The van der Waals surface area contributed by atoms with Crippen LogP contribution < -0.4 is 0 Å². The van der Waals surface area contributed by atoms with Gasteiger partial charge in [-0.15, -0.1) is 0 Å². The van der Waals surface area contributed by atoms with Crippen molar-refractivity contribution in [1.29, 1.82) is 0 Å². The fourth-order valence-electron chi connectivity index (χ4n) is 2.06. The first-order chi connectivity index (χ1) is 8.73. The number of carboxylic acids is 1. The molecule has 0 heterocycles. The molecule has 5 nitrogen and oxygen atoms in total. The predicted octanol–water partition coefficient (Wildman–Crippen LogP) is 2.11. The van der Waals surface area contributed by atoms with Crippen LogP contribution in [-0.4, -0.2) is 36.4 Å². The molecule has 0 aliphatic carbocycles. The van der Waals surface area contributed by atoms with E-state index in [9.17, 15) is 13.2 Å². The zero-order valence-electron chi connectivity index (χ0n) is 11.5. The van der Waals surface area contributed by atoms with E-state index >= 15 is 0 Å². The van der Waals surface area contributed by atoms with Crippen LogP contribution in [0.4, 0.5) is 0 Å². The molecule has 0 radical (unpaired) electrons. The van der Waals surface area contributed by atoms with Gasteiger partial charge in [0, 0.05) is 12.6 Å². The van der Waals surface area contributed by atoms with Crippen molar-refractivity contribution in [3.63, 3.8) is 0 Å². The SMILES string of the molecule is CCN(C(C)C)S(=O)(=O)c1cccc(C(=O)O)c1C. The summed E-state index contributed by atoms with van der Waals surface area (Å²) in [6.45, 7) is 7.20. The van der Waals surface area contributed by atoms with Crippen LogP contribution in [0.5, 0.6) is 0 Å². The minimum absolute atomic E-state index is 0.0147. The van der Waals surface area contributed by atoms with Crippen LogP contribution in [0, 0.1) is 6.92 Å². The van der Waals surface area contributed by atoms with Crippen LogP contribution in [0.3, 0.4) is 0 Å². The monoisotopic (exact) mass is 285 g/mol. The van der Waals surface area contributed by atoms with Crippen molar-refractivity contribution in [1.82, 2.24) is 4.31 Å². The quantitative estimate of drug-likeness (QED) is 0.899. The minimum Gasteiger partial charge on any atom is -0.478 e. The Hall–Kier alpha value is -1.40. The Morgan fingerprint density at radius 2 is 1.95 bits per heavy atom. The molecule has 0 aromatic heterocycles. The summed E-state index contributed by atoms with van der Waals surface area (Å²) < 4.78 is 26.4.